The molecule has 0 aromatic heterocycles. The van der Waals surface area contributed by atoms with Gasteiger partial charge in [-0.05, 0) is 36.4 Å². The molecule has 2 aromatic carbocycles. The fourth-order valence-electron chi connectivity index (χ4n) is 2.98. The SMILES string of the molecule is CCSc1ccccc1C(=O)OCC(=O)c1cccc(N2CCCC2=O)c1. The molecule has 1 amide bonds. The highest BCUT2D eigenvalue weighted by molar-refractivity contribution is 7.99. The molecule has 0 aliphatic carbocycles. The topological polar surface area (TPSA) is 63.7 Å². The van der Waals surface area contributed by atoms with Crippen molar-refractivity contribution in [3.63, 3.8) is 0 Å². The van der Waals surface area contributed by atoms with Crippen LogP contribution in [0.5, 0.6) is 0 Å². The van der Waals surface area contributed by atoms with Crippen molar-refractivity contribution in [3.8, 4) is 0 Å². The average molecular weight is 383 g/mol. The number of hydrogen-bond donors (Lipinski definition) is 0. The molecule has 0 N–H and O–H groups in total. The molecular formula is C21H21NO4S. The van der Waals surface area contributed by atoms with Gasteiger partial charge in [-0.3, -0.25) is 9.59 Å². The molecule has 2 aromatic rings. The van der Waals surface area contributed by atoms with Crippen LogP contribution in [0.4, 0.5) is 5.69 Å². The third-order valence-electron chi connectivity index (χ3n) is 4.29. The van der Waals surface area contributed by atoms with Gasteiger partial charge >= 0.3 is 5.97 Å². The number of esters is 1. The number of hydrogen-bond acceptors (Lipinski definition) is 5. The van der Waals surface area contributed by atoms with Crippen LogP contribution < -0.4 is 4.90 Å². The smallest absolute Gasteiger partial charge is 0.339 e. The van der Waals surface area contributed by atoms with Crippen LogP contribution in [0.15, 0.2) is 53.4 Å². The molecule has 0 saturated carbocycles. The summed E-state index contributed by atoms with van der Waals surface area (Å²) in [5.41, 5.74) is 1.60. The number of thioether (sulfide) groups is 1. The summed E-state index contributed by atoms with van der Waals surface area (Å²) in [6.07, 6.45) is 1.36. The van der Waals surface area contributed by atoms with Crippen LogP contribution in [0.3, 0.4) is 0 Å². The maximum atomic E-state index is 12.5. The second-order valence-electron chi connectivity index (χ2n) is 6.13. The Hall–Kier alpha value is -2.60. The maximum absolute atomic E-state index is 12.5. The van der Waals surface area contributed by atoms with Crippen molar-refractivity contribution in [3.05, 3.63) is 59.7 Å². The molecule has 1 aliphatic heterocycles. The monoisotopic (exact) mass is 383 g/mol. The highest BCUT2D eigenvalue weighted by Gasteiger charge is 2.22. The number of carbonyl (C=O) groups excluding carboxylic acids is 3. The van der Waals surface area contributed by atoms with E-state index in [1.54, 1.807) is 47.0 Å². The molecule has 1 aliphatic rings. The minimum absolute atomic E-state index is 0.0658. The van der Waals surface area contributed by atoms with Crippen molar-refractivity contribution in [2.75, 3.05) is 23.8 Å². The summed E-state index contributed by atoms with van der Waals surface area (Å²) in [6, 6.07) is 14.1. The van der Waals surface area contributed by atoms with Crippen LogP contribution in [-0.2, 0) is 9.53 Å². The lowest BCUT2D eigenvalue weighted by Gasteiger charge is -2.16. The Bertz CT molecular complexity index is 865. The van der Waals surface area contributed by atoms with Crippen LogP contribution >= 0.6 is 11.8 Å². The van der Waals surface area contributed by atoms with E-state index in [4.69, 9.17) is 4.74 Å². The number of benzene rings is 2. The van der Waals surface area contributed by atoms with Crippen LogP contribution in [0.1, 0.15) is 40.5 Å². The second-order valence-corrected chi connectivity index (χ2v) is 7.43. The fourth-order valence-corrected chi connectivity index (χ4v) is 3.77. The molecule has 1 heterocycles. The van der Waals surface area contributed by atoms with Crippen molar-refractivity contribution in [1.29, 1.82) is 0 Å². The Morgan fingerprint density at radius 1 is 1.15 bits per heavy atom. The van der Waals surface area contributed by atoms with Crippen molar-refractivity contribution < 1.29 is 19.1 Å². The molecule has 27 heavy (non-hydrogen) atoms. The summed E-state index contributed by atoms with van der Waals surface area (Å²) in [5, 5.41) is 0. The Labute approximate surface area is 162 Å². The number of ketones is 1. The number of rotatable bonds is 7. The van der Waals surface area contributed by atoms with Crippen molar-refractivity contribution in [1.82, 2.24) is 0 Å². The Morgan fingerprint density at radius 3 is 2.70 bits per heavy atom. The van der Waals surface area contributed by atoms with Gasteiger partial charge in [0.1, 0.15) is 0 Å². The van der Waals surface area contributed by atoms with E-state index in [9.17, 15) is 14.4 Å². The largest absolute Gasteiger partial charge is 0.454 e. The quantitative estimate of drug-likeness (QED) is 0.411. The molecule has 1 saturated heterocycles. The molecular weight excluding hydrogens is 362 g/mol. The zero-order chi connectivity index (χ0) is 19.2. The highest BCUT2D eigenvalue weighted by atomic mass is 32.2. The molecule has 0 atom stereocenters. The van der Waals surface area contributed by atoms with Gasteiger partial charge in [0.15, 0.2) is 12.4 Å². The molecule has 140 valence electrons. The van der Waals surface area contributed by atoms with Gasteiger partial charge in [-0.1, -0.05) is 31.2 Å². The lowest BCUT2D eigenvalue weighted by molar-refractivity contribution is -0.117. The summed E-state index contributed by atoms with van der Waals surface area (Å²) in [7, 11) is 0. The number of nitrogens with zero attached hydrogens (tertiary/aromatic N) is 1. The van der Waals surface area contributed by atoms with Gasteiger partial charge in [-0.2, -0.15) is 0 Å². The minimum atomic E-state index is -0.509. The first-order chi connectivity index (χ1) is 13.1. The molecule has 6 heteroatoms. The normalized spacial score (nSPS) is 13.7. The number of carbonyl (C=O) groups is 3. The first-order valence-corrected chi connectivity index (χ1v) is 9.91. The average Bonchev–Trinajstić information content (AvgIpc) is 3.12. The van der Waals surface area contributed by atoms with E-state index in [0.29, 0.717) is 29.8 Å². The Kier molecular flexibility index (Phi) is 6.29. The molecule has 0 spiro atoms. The standard InChI is InChI=1S/C21H21NO4S/c1-2-27-19-10-4-3-9-17(19)21(25)26-14-18(23)15-7-5-8-16(13-15)22-12-6-11-20(22)24/h3-5,7-10,13H,2,6,11-12,14H2,1H3. The maximum Gasteiger partial charge on any atom is 0.339 e. The Morgan fingerprint density at radius 2 is 1.96 bits per heavy atom. The zero-order valence-electron chi connectivity index (χ0n) is 15.1. The number of ether oxygens (including phenoxy) is 1. The van der Waals surface area contributed by atoms with Crippen LogP contribution in [0.25, 0.3) is 0 Å². The van der Waals surface area contributed by atoms with Gasteiger partial charge in [-0.15, -0.1) is 11.8 Å². The van der Waals surface area contributed by atoms with Crippen molar-refractivity contribution >= 4 is 35.1 Å². The molecule has 0 radical (unpaired) electrons. The third kappa shape index (κ3) is 4.57. The second kappa shape index (κ2) is 8.86. The molecule has 0 unspecified atom stereocenters. The summed E-state index contributed by atoms with van der Waals surface area (Å²) in [5.74, 6) is 0.102. The fraction of sp³-hybridized carbons (Fsp3) is 0.286. The van der Waals surface area contributed by atoms with Crippen LogP contribution in [0, 0.1) is 0 Å². The van der Waals surface area contributed by atoms with E-state index in [0.717, 1.165) is 17.1 Å². The summed E-state index contributed by atoms with van der Waals surface area (Å²) in [4.78, 5) is 39.2. The number of amides is 1. The van der Waals surface area contributed by atoms with Crippen LogP contribution in [-0.4, -0.2) is 36.6 Å². The van der Waals surface area contributed by atoms with Crippen molar-refractivity contribution in [2.24, 2.45) is 0 Å². The first kappa shape index (κ1) is 19.2. The molecule has 0 bridgehead atoms. The van der Waals surface area contributed by atoms with E-state index < -0.39 is 5.97 Å². The molecule has 5 nitrogen and oxygen atoms in total. The van der Waals surface area contributed by atoms with E-state index in [2.05, 4.69) is 0 Å². The highest BCUT2D eigenvalue weighted by Crippen LogP contribution is 2.24. The summed E-state index contributed by atoms with van der Waals surface area (Å²) < 4.78 is 5.24. The van der Waals surface area contributed by atoms with E-state index in [1.807, 2.05) is 25.1 Å². The summed E-state index contributed by atoms with van der Waals surface area (Å²) >= 11 is 1.55. The van der Waals surface area contributed by atoms with Gasteiger partial charge in [0, 0.05) is 29.1 Å². The van der Waals surface area contributed by atoms with Crippen molar-refractivity contribution in [2.45, 2.75) is 24.7 Å². The third-order valence-corrected chi connectivity index (χ3v) is 5.25. The predicted molar refractivity (Wildman–Crippen MR) is 105 cm³/mol. The van der Waals surface area contributed by atoms with Gasteiger partial charge < -0.3 is 9.64 Å². The predicted octanol–water partition coefficient (Wildman–Crippen LogP) is 3.97. The van der Waals surface area contributed by atoms with E-state index >= 15 is 0 Å². The first-order valence-electron chi connectivity index (χ1n) is 8.92. The van der Waals surface area contributed by atoms with E-state index in [1.165, 1.54) is 0 Å². The minimum Gasteiger partial charge on any atom is -0.454 e. The molecule has 3 rings (SSSR count). The molecule has 1 fully saturated rings. The Balaban J connectivity index is 1.66. The lowest BCUT2D eigenvalue weighted by atomic mass is 10.1. The van der Waals surface area contributed by atoms with Gasteiger partial charge in [-0.25, -0.2) is 4.79 Å². The van der Waals surface area contributed by atoms with Gasteiger partial charge in [0.2, 0.25) is 5.91 Å². The van der Waals surface area contributed by atoms with Gasteiger partial charge in [0.05, 0.1) is 5.56 Å². The van der Waals surface area contributed by atoms with Crippen LogP contribution in [0.2, 0.25) is 0 Å². The van der Waals surface area contributed by atoms with E-state index in [-0.39, 0.29) is 18.3 Å². The number of anilines is 1. The number of Topliss-reactive ketones (excluding diaryl/α,β-unsaturated/α-hetero) is 1. The summed E-state index contributed by atoms with van der Waals surface area (Å²) in [6.45, 7) is 2.34. The zero-order valence-corrected chi connectivity index (χ0v) is 16.0. The lowest BCUT2D eigenvalue weighted by Crippen LogP contribution is -2.24. The van der Waals surface area contributed by atoms with Gasteiger partial charge in [0.25, 0.3) is 0 Å².